The highest BCUT2D eigenvalue weighted by Crippen LogP contribution is 2.33. The van der Waals surface area contributed by atoms with E-state index in [-0.39, 0.29) is 12.2 Å². The summed E-state index contributed by atoms with van der Waals surface area (Å²) in [7, 11) is 0. The molecule has 6 heteroatoms. The van der Waals surface area contributed by atoms with Crippen LogP contribution in [-0.4, -0.2) is 6.41 Å². The molecule has 0 unspecified atom stereocenters. The van der Waals surface area contributed by atoms with Crippen molar-refractivity contribution in [3.63, 3.8) is 0 Å². The fourth-order valence-electron chi connectivity index (χ4n) is 2.38. The second kappa shape index (κ2) is 6.73. The van der Waals surface area contributed by atoms with Crippen molar-refractivity contribution < 1.29 is 22.7 Å². The van der Waals surface area contributed by atoms with Crippen LogP contribution in [-0.2, 0) is 17.6 Å². The van der Waals surface area contributed by atoms with Gasteiger partial charge in [-0.25, -0.2) is 0 Å². The van der Waals surface area contributed by atoms with Crippen molar-refractivity contribution in [2.75, 3.05) is 5.32 Å². The lowest BCUT2D eigenvalue weighted by Crippen LogP contribution is -2.10. The number of amides is 1. The molecule has 0 atom stereocenters. The molecule has 0 aliphatic rings. The molecule has 1 N–H and O–H groups in total. The first-order valence-electron chi connectivity index (χ1n) is 6.92. The minimum Gasteiger partial charge on any atom is -0.489 e. The molecule has 0 bridgehead atoms. The van der Waals surface area contributed by atoms with E-state index in [1.807, 2.05) is 0 Å². The van der Waals surface area contributed by atoms with Crippen LogP contribution in [0.2, 0.25) is 0 Å². The van der Waals surface area contributed by atoms with Gasteiger partial charge in [-0.05, 0) is 43.2 Å². The summed E-state index contributed by atoms with van der Waals surface area (Å²) in [6, 6.07) is 8.67. The minimum atomic E-state index is -4.41. The quantitative estimate of drug-likeness (QED) is 0.825. The molecule has 1 amide bonds. The molecule has 2 aromatic rings. The minimum absolute atomic E-state index is 0.0744. The molecule has 122 valence electrons. The van der Waals surface area contributed by atoms with Crippen molar-refractivity contribution in [3.8, 4) is 5.75 Å². The molecule has 0 aromatic heterocycles. The maximum Gasteiger partial charge on any atom is 0.416 e. The second-order valence-electron chi connectivity index (χ2n) is 5.14. The average molecular weight is 323 g/mol. The third-order valence-corrected chi connectivity index (χ3v) is 3.43. The Morgan fingerprint density at radius 2 is 1.74 bits per heavy atom. The number of hydrogen-bond acceptors (Lipinski definition) is 2. The van der Waals surface area contributed by atoms with Gasteiger partial charge >= 0.3 is 6.18 Å². The van der Waals surface area contributed by atoms with Gasteiger partial charge < -0.3 is 10.1 Å². The zero-order valence-electron chi connectivity index (χ0n) is 12.7. The van der Waals surface area contributed by atoms with Crippen molar-refractivity contribution in [1.82, 2.24) is 0 Å². The number of ether oxygens (including phenoxy) is 1. The Hall–Kier alpha value is -2.50. The number of rotatable bonds is 5. The van der Waals surface area contributed by atoms with Gasteiger partial charge in [0.05, 0.1) is 5.56 Å². The third kappa shape index (κ3) is 4.03. The standard InChI is InChI=1S/C17H16F3NO2/c1-11-7-14(8-12(2)16(11)21-10-22)23-9-13-5-3-4-6-15(13)17(18,19)20/h3-8,10H,9H2,1-2H3,(H,21,22). The lowest BCUT2D eigenvalue weighted by molar-refractivity contribution is -0.138. The normalized spacial score (nSPS) is 11.2. The lowest BCUT2D eigenvalue weighted by atomic mass is 10.1. The zero-order valence-corrected chi connectivity index (χ0v) is 12.7. The molecule has 0 saturated carbocycles. The number of hydrogen-bond donors (Lipinski definition) is 1. The predicted octanol–water partition coefficient (Wildman–Crippen LogP) is 4.47. The Bertz CT molecular complexity index is 688. The number of nitrogens with one attached hydrogen (secondary N) is 1. The van der Waals surface area contributed by atoms with E-state index in [4.69, 9.17) is 4.74 Å². The number of alkyl halides is 3. The summed E-state index contributed by atoms with van der Waals surface area (Å²) in [6.07, 6.45) is -3.83. The van der Waals surface area contributed by atoms with Gasteiger partial charge in [-0.2, -0.15) is 13.2 Å². The van der Waals surface area contributed by atoms with Crippen molar-refractivity contribution in [2.45, 2.75) is 26.6 Å². The SMILES string of the molecule is Cc1cc(OCc2ccccc2C(F)(F)F)cc(C)c1NC=O. The first kappa shape index (κ1) is 16.9. The second-order valence-corrected chi connectivity index (χ2v) is 5.14. The van der Waals surface area contributed by atoms with E-state index in [1.165, 1.54) is 12.1 Å². The van der Waals surface area contributed by atoms with Crippen LogP contribution in [0.25, 0.3) is 0 Å². The van der Waals surface area contributed by atoms with Gasteiger partial charge in [0, 0.05) is 11.3 Å². The maximum absolute atomic E-state index is 12.9. The number of benzene rings is 2. The van der Waals surface area contributed by atoms with Gasteiger partial charge in [-0.1, -0.05) is 18.2 Å². The molecule has 2 rings (SSSR count). The molecule has 0 saturated heterocycles. The first-order chi connectivity index (χ1) is 10.8. The highest BCUT2D eigenvalue weighted by atomic mass is 19.4. The van der Waals surface area contributed by atoms with E-state index in [0.717, 1.165) is 17.2 Å². The highest BCUT2D eigenvalue weighted by molar-refractivity contribution is 5.76. The van der Waals surface area contributed by atoms with Crippen molar-refractivity contribution in [3.05, 3.63) is 58.7 Å². The van der Waals surface area contributed by atoms with E-state index < -0.39 is 11.7 Å². The molecular formula is C17H16F3NO2. The van der Waals surface area contributed by atoms with E-state index in [2.05, 4.69) is 5.32 Å². The molecule has 23 heavy (non-hydrogen) atoms. The molecule has 0 spiro atoms. The van der Waals surface area contributed by atoms with Crippen LogP contribution in [0.15, 0.2) is 36.4 Å². The topological polar surface area (TPSA) is 38.3 Å². The zero-order chi connectivity index (χ0) is 17.0. The molecule has 0 fully saturated rings. The molecule has 2 aromatic carbocycles. The fourth-order valence-corrected chi connectivity index (χ4v) is 2.38. The number of anilines is 1. The Morgan fingerprint density at radius 3 is 2.30 bits per heavy atom. The number of carbonyl (C=O) groups is 1. The van der Waals surface area contributed by atoms with Crippen LogP contribution >= 0.6 is 0 Å². The first-order valence-corrected chi connectivity index (χ1v) is 6.92. The van der Waals surface area contributed by atoms with E-state index in [0.29, 0.717) is 17.8 Å². The largest absolute Gasteiger partial charge is 0.489 e. The highest BCUT2D eigenvalue weighted by Gasteiger charge is 2.32. The van der Waals surface area contributed by atoms with Gasteiger partial charge in [0.15, 0.2) is 0 Å². The summed E-state index contributed by atoms with van der Waals surface area (Å²) in [5, 5.41) is 2.59. The van der Waals surface area contributed by atoms with Gasteiger partial charge in [-0.15, -0.1) is 0 Å². The summed E-state index contributed by atoms with van der Waals surface area (Å²) >= 11 is 0. The summed E-state index contributed by atoms with van der Waals surface area (Å²) < 4.78 is 44.3. The molecule has 0 radical (unpaired) electrons. The predicted molar refractivity (Wildman–Crippen MR) is 81.4 cm³/mol. The maximum atomic E-state index is 12.9. The van der Waals surface area contributed by atoms with Crippen LogP contribution < -0.4 is 10.1 Å². The number of carbonyl (C=O) groups excluding carboxylic acids is 1. The fraction of sp³-hybridized carbons (Fsp3) is 0.235. The summed E-state index contributed by atoms with van der Waals surface area (Å²) in [6.45, 7) is 3.39. The Morgan fingerprint density at radius 1 is 1.13 bits per heavy atom. The molecule has 3 nitrogen and oxygen atoms in total. The molecular weight excluding hydrogens is 307 g/mol. The average Bonchev–Trinajstić information content (AvgIpc) is 2.48. The van der Waals surface area contributed by atoms with E-state index in [9.17, 15) is 18.0 Å². The van der Waals surface area contributed by atoms with E-state index in [1.54, 1.807) is 32.0 Å². The molecule has 0 aliphatic carbocycles. The number of halogens is 3. The van der Waals surface area contributed by atoms with Crippen molar-refractivity contribution >= 4 is 12.1 Å². The van der Waals surface area contributed by atoms with Crippen LogP contribution in [0.4, 0.5) is 18.9 Å². The van der Waals surface area contributed by atoms with Crippen LogP contribution in [0, 0.1) is 13.8 Å². The van der Waals surface area contributed by atoms with Gasteiger partial charge in [-0.3, -0.25) is 4.79 Å². The third-order valence-electron chi connectivity index (χ3n) is 3.43. The van der Waals surface area contributed by atoms with Gasteiger partial charge in [0.25, 0.3) is 0 Å². The lowest BCUT2D eigenvalue weighted by Gasteiger charge is -2.15. The number of aryl methyl sites for hydroxylation is 2. The Kier molecular flexibility index (Phi) is 4.93. The van der Waals surface area contributed by atoms with Crippen molar-refractivity contribution in [1.29, 1.82) is 0 Å². The monoisotopic (exact) mass is 323 g/mol. The van der Waals surface area contributed by atoms with Crippen LogP contribution in [0.5, 0.6) is 5.75 Å². The Labute approximate surface area is 132 Å². The van der Waals surface area contributed by atoms with Crippen LogP contribution in [0.3, 0.4) is 0 Å². The van der Waals surface area contributed by atoms with Crippen LogP contribution in [0.1, 0.15) is 22.3 Å². The van der Waals surface area contributed by atoms with Gasteiger partial charge in [0.1, 0.15) is 12.4 Å². The molecule has 0 aliphatic heterocycles. The summed E-state index contributed by atoms with van der Waals surface area (Å²) in [5.74, 6) is 0.452. The van der Waals surface area contributed by atoms with E-state index >= 15 is 0 Å². The summed E-state index contributed by atoms with van der Waals surface area (Å²) in [5.41, 5.74) is 1.59. The van der Waals surface area contributed by atoms with Gasteiger partial charge in [0.2, 0.25) is 6.41 Å². The van der Waals surface area contributed by atoms with Crippen molar-refractivity contribution in [2.24, 2.45) is 0 Å². The molecule has 0 heterocycles. The Balaban J connectivity index is 2.21. The summed E-state index contributed by atoms with van der Waals surface area (Å²) in [4.78, 5) is 10.6. The smallest absolute Gasteiger partial charge is 0.416 e.